The van der Waals surface area contributed by atoms with Gasteiger partial charge in [-0.1, -0.05) is 11.8 Å². The Hall–Kier alpha value is -2.06. The number of hydrogen-bond acceptors (Lipinski definition) is 6. The summed E-state index contributed by atoms with van der Waals surface area (Å²) >= 11 is 2.85. The molecule has 0 unspecified atom stereocenters. The molecule has 0 bridgehead atoms. The molecule has 0 radical (unpaired) electrons. The minimum Gasteiger partial charge on any atom is -0.372 e. The Balaban J connectivity index is 1.80. The average Bonchev–Trinajstić information content (AvgIpc) is 3.05. The summed E-state index contributed by atoms with van der Waals surface area (Å²) in [6.07, 6.45) is 0. The smallest absolute Gasteiger partial charge is 0.269 e. The predicted octanol–water partition coefficient (Wildman–Crippen LogP) is 2.85. The number of rotatable bonds is 7. The van der Waals surface area contributed by atoms with Crippen LogP contribution in [0.25, 0.3) is 0 Å². The Bertz CT molecular complexity index is 712. The van der Waals surface area contributed by atoms with Crippen LogP contribution in [0.5, 0.6) is 0 Å². The summed E-state index contributed by atoms with van der Waals surface area (Å²) < 4.78 is 0.839. The number of anilines is 1. The third-order valence-corrected chi connectivity index (χ3v) is 5.64. The van der Waals surface area contributed by atoms with Crippen molar-refractivity contribution < 1.29 is 9.59 Å². The van der Waals surface area contributed by atoms with Crippen LogP contribution >= 0.6 is 23.1 Å². The Morgan fingerprint density at radius 2 is 1.84 bits per heavy atom. The van der Waals surface area contributed by atoms with E-state index in [4.69, 9.17) is 0 Å². The van der Waals surface area contributed by atoms with Gasteiger partial charge < -0.3 is 4.90 Å². The van der Waals surface area contributed by atoms with Crippen LogP contribution in [0.4, 0.5) is 5.69 Å². The maximum absolute atomic E-state index is 12.1. The van der Waals surface area contributed by atoms with E-state index >= 15 is 0 Å². The van der Waals surface area contributed by atoms with E-state index in [1.54, 1.807) is 12.1 Å². The van der Waals surface area contributed by atoms with E-state index in [0.29, 0.717) is 5.56 Å². The number of thioether (sulfide) groups is 1. The van der Waals surface area contributed by atoms with Crippen LogP contribution in [0.3, 0.4) is 0 Å². The molecule has 0 atom stereocenters. The molecule has 0 saturated carbocycles. The molecule has 2 amide bonds. The number of thiazole rings is 1. The maximum atomic E-state index is 12.1. The van der Waals surface area contributed by atoms with Crippen LogP contribution in [0.15, 0.2) is 34.0 Å². The number of aryl methyl sites for hydroxylation is 1. The highest BCUT2D eigenvalue weighted by Crippen LogP contribution is 2.21. The molecule has 0 spiro atoms. The maximum Gasteiger partial charge on any atom is 0.269 e. The number of aromatic nitrogens is 1. The topological polar surface area (TPSA) is 74.3 Å². The quantitative estimate of drug-likeness (QED) is 0.572. The normalized spacial score (nSPS) is 10.4. The van der Waals surface area contributed by atoms with Crippen LogP contribution in [0, 0.1) is 6.92 Å². The van der Waals surface area contributed by atoms with Gasteiger partial charge in [-0.2, -0.15) is 0 Å². The second-order valence-electron chi connectivity index (χ2n) is 5.26. The Morgan fingerprint density at radius 1 is 1.16 bits per heavy atom. The van der Waals surface area contributed by atoms with Gasteiger partial charge in [0.05, 0.1) is 5.75 Å². The molecule has 6 nitrogen and oxygen atoms in total. The zero-order valence-corrected chi connectivity index (χ0v) is 16.2. The van der Waals surface area contributed by atoms with E-state index in [-0.39, 0.29) is 17.6 Å². The molecule has 1 aromatic carbocycles. The first-order valence-corrected chi connectivity index (χ1v) is 9.89. The molecule has 0 aliphatic rings. The van der Waals surface area contributed by atoms with Gasteiger partial charge in [0.15, 0.2) is 4.34 Å². The average molecular weight is 379 g/mol. The highest BCUT2D eigenvalue weighted by molar-refractivity contribution is 8.01. The molecule has 134 valence electrons. The van der Waals surface area contributed by atoms with Gasteiger partial charge in [-0.3, -0.25) is 20.4 Å². The number of carbonyl (C=O) groups excluding carboxylic acids is 2. The van der Waals surface area contributed by atoms with Crippen molar-refractivity contribution >= 4 is 40.6 Å². The number of benzene rings is 1. The number of amides is 2. The van der Waals surface area contributed by atoms with E-state index in [2.05, 4.69) is 34.6 Å². The van der Waals surface area contributed by atoms with E-state index in [0.717, 1.165) is 28.8 Å². The number of nitrogens with zero attached hydrogens (tertiary/aromatic N) is 2. The molecule has 2 aromatic rings. The Labute approximate surface area is 156 Å². The van der Waals surface area contributed by atoms with Crippen molar-refractivity contribution in [2.45, 2.75) is 25.1 Å². The molecule has 0 fully saturated rings. The summed E-state index contributed by atoms with van der Waals surface area (Å²) in [6, 6.07) is 7.32. The SMILES string of the molecule is CCN(CC)c1ccc(C(=O)NNC(=O)CSc2nc(C)cs2)cc1. The molecule has 1 heterocycles. The molecule has 25 heavy (non-hydrogen) atoms. The molecule has 0 aliphatic carbocycles. The van der Waals surface area contributed by atoms with E-state index in [1.165, 1.54) is 23.1 Å². The van der Waals surface area contributed by atoms with E-state index in [1.807, 2.05) is 24.4 Å². The summed E-state index contributed by atoms with van der Waals surface area (Å²) in [6.45, 7) is 7.91. The second-order valence-corrected chi connectivity index (χ2v) is 7.35. The molecule has 2 rings (SSSR count). The summed E-state index contributed by atoms with van der Waals surface area (Å²) in [5, 5.41) is 1.93. The van der Waals surface area contributed by atoms with Crippen molar-refractivity contribution in [3.8, 4) is 0 Å². The lowest BCUT2D eigenvalue weighted by atomic mass is 10.2. The molecular weight excluding hydrogens is 356 g/mol. The van der Waals surface area contributed by atoms with Crippen LogP contribution in [-0.2, 0) is 4.79 Å². The Kier molecular flexibility index (Phi) is 7.27. The van der Waals surface area contributed by atoms with Gasteiger partial charge in [-0.15, -0.1) is 11.3 Å². The van der Waals surface area contributed by atoms with Gasteiger partial charge in [-0.05, 0) is 45.0 Å². The van der Waals surface area contributed by atoms with Crippen LogP contribution in [0.1, 0.15) is 29.9 Å². The first-order chi connectivity index (χ1) is 12.0. The molecule has 2 N–H and O–H groups in total. The first kappa shape index (κ1) is 19.3. The number of carbonyl (C=O) groups is 2. The lowest BCUT2D eigenvalue weighted by Gasteiger charge is -2.21. The van der Waals surface area contributed by atoms with Crippen LogP contribution in [0.2, 0.25) is 0 Å². The number of hydrazine groups is 1. The molecule has 8 heteroatoms. The third kappa shape index (κ3) is 5.75. The summed E-state index contributed by atoms with van der Waals surface area (Å²) in [7, 11) is 0. The van der Waals surface area contributed by atoms with Crippen molar-refractivity contribution in [3.63, 3.8) is 0 Å². The summed E-state index contributed by atoms with van der Waals surface area (Å²) in [5.41, 5.74) is 7.37. The van der Waals surface area contributed by atoms with Crippen molar-refractivity contribution in [1.29, 1.82) is 0 Å². The zero-order valence-electron chi connectivity index (χ0n) is 14.5. The van der Waals surface area contributed by atoms with Gasteiger partial charge in [0.25, 0.3) is 5.91 Å². The lowest BCUT2D eigenvalue weighted by Crippen LogP contribution is -2.42. The molecular formula is C17H22N4O2S2. The van der Waals surface area contributed by atoms with Crippen LogP contribution in [-0.4, -0.2) is 35.6 Å². The van der Waals surface area contributed by atoms with Crippen molar-refractivity contribution in [2.24, 2.45) is 0 Å². The van der Waals surface area contributed by atoms with Gasteiger partial charge in [0.1, 0.15) is 0 Å². The van der Waals surface area contributed by atoms with E-state index < -0.39 is 0 Å². The van der Waals surface area contributed by atoms with Gasteiger partial charge >= 0.3 is 0 Å². The highest BCUT2D eigenvalue weighted by atomic mass is 32.2. The summed E-state index contributed by atoms with van der Waals surface area (Å²) in [5.74, 6) is -0.408. The van der Waals surface area contributed by atoms with E-state index in [9.17, 15) is 9.59 Å². The fourth-order valence-corrected chi connectivity index (χ4v) is 3.82. The minimum absolute atomic E-state index is 0.203. The fourth-order valence-electron chi connectivity index (χ4n) is 2.17. The number of hydrogen-bond donors (Lipinski definition) is 2. The summed E-state index contributed by atoms with van der Waals surface area (Å²) in [4.78, 5) is 30.4. The zero-order chi connectivity index (χ0) is 18.2. The van der Waals surface area contributed by atoms with Crippen molar-refractivity contribution in [2.75, 3.05) is 23.7 Å². The van der Waals surface area contributed by atoms with Crippen molar-refractivity contribution in [3.05, 3.63) is 40.9 Å². The predicted molar refractivity (Wildman–Crippen MR) is 103 cm³/mol. The monoisotopic (exact) mass is 378 g/mol. The highest BCUT2D eigenvalue weighted by Gasteiger charge is 2.10. The van der Waals surface area contributed by atoms with Gasteiger partial charge in [0, 0.05) is 35.4 Å². The molecule has 1 aromatic heterocycles. The fraction of sp³-hybridized carbons (Fsp3) is 0.353. The second kappa shape index (κ2) is 9.43. The number of nitrogens with one attached hydrogen (secondary N) is 2. The standard InChI is InChI=1S/C17H22N4O2S2/c1-4-21(5-2)14-8-6-13(7-9-14)16(23)20-19-15(22)11-25-17-18-12(3)10-24-17/h6-10H,4-5,11H2,1-3H3,(H,19,22)(H,20,23). The molecule has 0 saturated heterocycles. The third-order valence-electron chi connectivity index (χ3n) is 3.50. The first-order valence-electron chi connectivity index (χ1n) is 8.02. The van der Waals surface area contributed by atoms with Crippen LogP contribution < -0.4 is 15.8 Å². The van der Waals surface area contributed by atoms with Crippen molar-refractivity contribution in [1.82, 2.24) is 15.8 Å². The largest absolute Gasteiger partial charge is 0.372 e. The van der Waals surface area contributed by atoms with Gasteiger partial charge in [-0.25, -0.2) is 4.98 Å². The Morgan fingerprint density at radius 3 is 2.40 bits per heavy atom. The lowest BCUT2D eigenvalue weighted by molar-refractivity contribution is -0.119. The van der Waals surface area contributed by atoms with Gasteiger partial charge in [0.2, 0.25) is 5.91 Å². The minimum atomic E-state index is -0.338. The molecule has 0 aliphatic heterocycles.